The number of thioether (sulfide) groups is 1. The van der Waals surface area contributed by atoms with E-state index in [2.05, 4.69) is 25.6 Å². The highest BCUT2D eigenvalue weighted by Gasteiger charge is 2.43. The Morgan fingerprint density at radius 3 is 2.50 bits per heavy atom. The molecule has 3 rings (SSSR count). The van der Waals surface area contributed by atoms with Crippen molar-refractivity contribution in [2.24, 2.45) is 23.0 Å². The number of ether oxygens (including phenoxy) is 1. The molecule has 20 heavy (non-hydrogen) atoms. The molecule has 3 unspecified atom stereocenters. The summed E-state index contributed by atoms with van der Waals surface area (Å²) in [5.41, 5.74) is 7.44. The van der Waals surface area contributed by atoms with Gasteiger partial charge in [0.25, 0.3) is 0 Å². The number of nitrogens with two attached hydrogens (primary N) is 1. The molecule has 2 heterocycles. The maximum Gasteiger partial charge on any atom is 0.0783 e. The molecule has 1 spiro atoms. The lowest BCUT2D eigenvalue weighted by atomic mass is 9.67. The average molecular weight is 298 g/mol. The topological polar surface area (TPSA) is 35.2 Å². The lowest BCUT2D eigenvalue weighted by Crippen LogP contribution is -2.48. The normalized spacial score (nSPS) is 40.0. The Hall–Kier alpha value is 0.270. The fourth-order valence-electron chi connectivity index (χ4n) is 4.45. The molecule has 2 nitrogen and oxygen atoms in total. The molecule has 2 aliphatic heterocycles. The van der Waals surface area contributed by atoms with Crippen LogP contribution < -0.4 is 5.73 Å². The standard InChI is InChI=1S/C17H31NOS/c1-16(2)6-3-13(4-7-16)15(18)14-5-9-19-17(11-14)8-10-20-12-17/h13-15H,3-12,18H2,1-2H3. The van der Waals surface area contributed by atoms with Gasteiger partial charge in [0, 0.05) is 18.4 Å². The van der Waals surface area contributed by atoms with E-state index in [1.807, 2.05) is 0 Å². The van der Waals surface area contributed by atoms with E-state index in [0.29, 0.717) is 17.4 Å². The van der Waals surface area contributed by atoms with Crippen LogP contribution in [0.5, 0.6) is 0 Å². The lowest BCUT2D eigenvalue weighted by molar-refractivity contribution is -0.0874. The first-order valence-corrected chi connectivity index (χ1v) is 9.63. The van der Waals surface area contributed by atoms with Crippen LogP contribution in [0.3, 0.4) is 0 Å². The molecule has 2 saturated heterocycles. The Morgan fingerprint density at radius 1 is 1.10 bits per heavy atom. The van der Waals surface area contributed by atoms with Gasteiger partial charge in [0.1, 0.15) is 0 Å². The summed E-state index contributed by atoms with van der Waals surface area (Å²) in [6.07, 6.45) is 9.05. The summed E-state index contributed by atoms with van der Waals surface area (Å²) in [6.45, 7) is 5.76. The molecule has 3 aliphatic rings. The van der Waals surface area contributed by atoms with Crippen LogP contribution in [0.2, 0.25) is 0 Å². The average Bonchev–Trinajstić information content (AvgIpc) is 2.86. The molecule has 1 saturated carbocycles. The molecule has 3 atom stereocenters. The van der Waals surface area contributed by atoms with Crippen LogP contribution in [0.1, 0.15) is 58.8 Å². The van der Waals surface area contributed by atoms with Crippen molar-refractivity contribution in [2.45, 2.75) is 70.4 Å². The molecule has 0 aromatic carbocycles. The SMILES string of the molecule is CC1(C)CCC(C(N)C2CCOC3(CCSC3)C2)CC1. The van der Waals surface area contributed by atoms with E-state index in [1.54, 1.807) is 0 Å². The van der Waals surface area contributed by atoms with Gasteiger partial charge in [-0.25, -0.2) is 0 Å². The van der Waals surface area contributed by atoms with Crippen molar-refractivity contribution in [2.75, 3.05) is 18.1 Å². The van der Waals surface area contributed by atoms with Gasteiger partial charge in [0.2, 0.25) is 0 Å². The second kappa shape index (κ2) is 5.81. The van der Waals surface area contributed by atoms with E-state index in [1.165, 1.54) is 56.5 Å². The number of hydrogen-bond acceptors (Lipinski definition) is 3. The summed E-state index contributed by atoms with van der Waals surface area (Å²) in [6, 6.07) is 0.414. The molecule has 0 bridgehead atoms. The van der Waals surface area contributed by atoms with Crippen LogP contribution in [0, 0.1) is 17.3 Å². The van der Waals surface area contributed by atoms with Gasteiger partial charge in [0.15, 0.2) is 0 Å². The van der Waals surface area contributed by atoms with Gasteiger partial charge in [-0.3, -0.25) is 0 Å². The van der Waals surface area contributed by atoms with Crippen LogP contribution in [0.15, 0.2) is 0 Å². The molecule has 3 heteroatoms. The maximum absolute atomic E-state index is 6.70. The van der Waals surface area contributed by atoms with Crippen molar-refractivity contribution >= 4 is 11.8 Å². The van der Waals surface area contributed by atoms with Gasteiger partial charge in [-0.15, -0.1) is 0 Å². The van der Waals surface area contributed by atoms with Gasteiger partial charge < -0.3 is 10.5 Å². The van der Waals surface area contributed by atoms with Gasteiger partial charge in [-0.1, -0.05) is 13.8 Å². The summed E-state index contributed by atoms with van der Waals surface area (Å²) in [4.78, 5) is 0. The van der Waals surface area contributed by atoms with Crippen LogP contribution in [-0.2, 0) is 4.74 Å². The lowest BCUT2D eigenvalue weighted by Gasteiger charge is -2.44. The van der Waals surface area contributed by atoms with Crippen LogP contribution in [0.25, 0.3) is 0 Å². The van der Waals surface area contributed by atoms with E-state index >= 15 is 0 Å². The minimum Gasteiger partial charge on any atom is -0.374 e. The van der Waals surface area contributed by atoms with E-state index < -0.39 is 0 Å². The zero-order valence-electron chi connectivity index (χ0n) is 13.2. The Bertz CT molecular complexity index is 328. The summed E-state index contributed by atoms with van der Waals surface area (Å²) in [7, 11) is 0. The van der Waals surface area contributed by atoms with Gasteiger partial charge in [-0.2, -0.15) is 11.8 Å². The Kier molecular flexibility index (Phi) is 4.41. The predicted molar refractivity (Wildman–Crippen MR) is 87.1 cm³/mol. The molecule has 3 fully saturated rings. The number of rotatable bonds is 2. The van der Waals surface area contributed by atoms with Crippen LogP contribution >= 0.6 is 11.8 Å². The predicted octanol–water partition coefficient (Wildman–Crippen LogP) is 3.83. The first-order chi connectivity index (χ1) is 9.50. The first kappa shape index (κ1) is 15.2. The van der Waals surface area contributed by atoms with E-state index in [-0.39, 0.29) is 5.60 Å². The highest BCUT2D eigenvalue weighted by molar-refractivity contribution is 7.99. The van der Waals surface area contributed by atoms with Crippen molar-refractivity contribution in [3.05, 3.63) is 0 Å². The molecule has 0 aromatic rings. The fraction of sp³-hybridized carbons (Fsp3) is 1.00. The zero-order chi connectivity index (χ0) is 14.2. The van der Waals surface area contributed by atoms with Crippen LogP contribution in [-0.4, -0.2) is 29.8 Å². The molecular formula is C17H31NOS. The molecular weight excluding hydrogens is 266 g/mol. The maximum atomic E-state index is 6.70. The minimum absolute atomic E-state index is 0.194. The summed E-state index contributed by atoms with van der Waals surface area (Å²) >= 11 is 2.06. The summed E-state index contributed by atoms with van der Waals surface area (Å²) in [5, 5.41) is 0. The Morgan fingerprint density at radius 2 is 1.85 bits per heavy atom. The van der Waals surface area contributed by atoms with Gasteiger partial charge in [-0.05, 0) is 67.9 Å². The monoisotopic (exact) mass is 297 g/mol. The fourth-order valence-corrected chi connectivity index (χ4v) is 5.83. The second-order valence-corrected chi connectivity index (χ2v) is 9.27. The third-order valence-corrected chi connectivity index (χ3v) is 7.29. The van der Waals surface area contributed by atoms with E-state index in [4.69, 9.17) is 10.5 Å². The zero-order valence-corrected chi connectivity index (χ0v) is 14.0. The largest absolute Gasteiger partial charge is 0.374 e. The molecule has 0 aromatic heterocycles. The Balaban J connectivity index is 1.58. The molecule has 1 aliphatic carbocycles. The molecule has 2 N–H and O–H groups in total. The van der Waals surface area contributed by atoms with Crippen molar-refractivity contribution in [3.8, 4) is 0 Å². The molecule has 0 radical (unpaired) electrons. The highest BCUT2D eigenvalue weighted by atomic mass is 32.2. The molecule has 116 valence electrons. The number of hydrogen-bond donors (Lipinski definition) is 1. The quantitative estimate of drug-likeness (QED) is 0.841. The first-order valence-electron chi connectivity index (χ1n) is 8.47. The van der Waals surface area contributed by atoms with Crippen LogP contribution in [0.4, 0.5) is 0 Å². The van der Waals surface area contributed by atoms with Gasteiger partial charge in [0.05, 0.1) is 5.60 Å². The third kappa shape index (κ3) is 3.20. The second-order valence-electron chi connectivity index (χ2n) is 8.17. The molecule has 0 amide bonds. The highest BCUT2D eigenvalue weighted by Crippen LogP contribution is 2.45. The van der Waals surface area contributed by atoms with E-state index in [0.717, 1.165) is 12.5 Å². The van der Waals surface area contributed by atoms with Crippen molar-refractivity contribution in [1.29, 1.82) is 0 Å². The minimum atomic E-state index is 0.194. The van der Waals surface area contributed by atoms with E-state index in [9.17, 15) is 0 Å². The summed E-state index contributed by atoms with van der Waals surface area (Å²) < 4.78 is 6.15. The van der Waals surface area contributed by atoms with Gasteiger partial charge >= 0.3 is 0 Å². The Labute approximate surface area is 128 Å². The van der Waals surface area contributed by atoms with Crippen molar-refractivity contribution < 1.29 is 4.74 Å². The van der Waals surface area contributed by atoms with Crippen molar-refractivity contribution in [1.82, 2.24) is 0 Å². The van der Waals surface area contributed by atoms with Crippen molar-refractivity contribution in [3.63, 3.8) is 0 Å². The third-order valence-electron chi connectivity index (χ3n) is 6.07. The summed E-state index contributed by atoms with van der Waals surface area (Å²) in [5.74, 6) is 3.94. The smallest absolute Gasteiger partial charge is 0.0783 e.